The summed E-state index contributed by atoms with van der Waals surface area (Å²) in [6.45, 7) is 0.811. The third kappa shape index (κ3) is 1.09. The van der Waals surface area contributed by atoms with Crippen LogP contribution < -0.4 is 0 Å². The molecule has 0 aromatic rings. The maximum absolute atomic E-state index is 11.2. The zero-order valence-electron chi connectivity index (χ0n) is 6.36. The fourth-order valence-corrected chi connectivity index (χ4v) is 1.64. The molecule has 0 radical (unpaired) electrons. The van der Waals surface area contributed by atoms with E-state index in [1.807, 2.05) is 11.0 Å². The molecule has 0 N–H and O–H groups in total. The lowest BCUT2D eigenvalue weighted by molar-refractivity contribution is -0.126. The summed E-state index contributed by atoms with van der Waals surface area (Å²) in [5.41, 5.74) is 0. The molecule has 0 saturated carbocycles. The Morgan fingerprint density at radius 1 is 1.27 bits per heavy atom. The fourth-order valence-electron chi connectivity index (χ4n) is 1.64. The Kier molecular flexibility index (Phi) is 1.53. The summed E-state index contributed by atoms with van der Waals surface area (Å²) in [6.07, 6.45) is 9.96. The van der Waals surface area contributed by atoms with Crippen LogP contribution in [0.2, 0.25) is 0 Å². The van der Waals surface area contributed by atoms with Gasteiger partial charge in [0.15, 0.2) is 0 Å². The second-order valence-electron chi connectivity index (χ2n) is 2.99. The van der Waals surface area contributed by atoms with Crippen LogP contribution in [0.3, 0.4) is 0 Å². The number of amides is 1. The predicted molar refractivity (Wildman–Crippen MR) is 43.0 cm³/mol. The molecule has 0 fully saturated rings. The Hall–Kier alpha value is -1.05. The molecule has 0 aromatic carbocycles. The minimum absolute atomic E-state index is 0.179. The normalized spacial score (nSPS) is 24.0. The van der Waals surface area contributed by atoms with E-state index in [-0.39, 0.29) is 5.91 Å². The molecule has 0 atom stereocenters. The molecule has 58 valence electrons. The Morgan fingerprint density at radius 3 is 2.55 bits per heavy atom. The highest BCUT2D eigenvalue weighted by molar-refractivity contribution is 5.90. The van der Waals surface area contributed by atoms with E-state index in [0.29, 0.717) is 6.04 Å². The summed E-state index contributed by atoms with van der Waals surface area (Å²) >= 11 is 0. The molecule has 2 aliphatic rings. The summed E-state index contributed by atoms with van der Waals surface area (Å²) < 4.78 is 0. The molecule has 0 bridgehead atoms. The van der Waals surface area contributed by atoms with E-state index in [1.165, 1.54) is 0 Å². The smallest absolute Gasteiger partial charge is 0.246 e. The van der Waals surface area contributed by atoms with Crippen LogP contribution >= 0.6 is 0 Å². The van der Waals surface area contributed by atoms with Gasteiger partial charge < -0.3 is 4.90 Å². The van der Waals surface area contributed by atoms with Gasteiger partial charge in [-0.25, -0.2) is 0 Å². The standard InChI is InChI=1S/C9H11NO/c11-9-6-3-7-10(9)8-4-1-2-5-8/h1-3,6,8H,4-5,7H2. The van der Waals surface area contributed by atoms with Gasteiger partial charge in [-0.05, 0) is 12.8 Å². The van der Waals surface area contributed by atoms with Crippen molar-refractivity contribution in [2.24, 2.45) is 0 Å². The van der Waals surface area contributed by atoms with Gasteiger partial charge in [0.05, 0.1) is 0 Å². The monoisotopic (exact) mass is 149 g/mol. The molecule has 0 saturated heterocycles. The van der Waals surface area contributed by atoms with Crippen LogP contribution in [0, 0.1) is 0 Å². The highest BCUT2D eigenvalue weighted by Crippen LogP contribution is 2.19. The summed E-state index contributed by atoms with van der Waals surface area (Å²) in [6, 6.07) is 0.442. The molecular formula is C9H11NO. The zero-order valence-corrected chi connectivity index (χ0v) is 6.36. The van der Waals surface area contributed by atoms with E-state index in [9.17, 15) is 4.79 Å². The van der Waals surface area contributed by atoms with Crippen molar-refractivity contribution >= 4 is 5.91 Å². The minimum atomic E-state index is 0.179. The van der Waals surface area contributed by atoms with Crippen LogP contribution in [0.5, 0.6) is 0 Å². The van der Waals surface area contributed by atoms with Crippen LogP contribution in [-0.4, -0.2) is 23.4 Å². The van der Waals surface area contributed by atoms with E-state index in [1.54, 1.807) is 6.08 Å². The van der Waals surface area contributed by atoms with E-state index < -0.39 is 0 Å². The van der Waals surface area contributed by atoms with Crippen molar-refractivity contribution in [2.45, 2.75) is 18.9 Å². The molecule has 0 unspecified atom stereocenters. The first-order valence-electron chi connectivity index (χ1n) is 4.00. The zero-order chi connectivity index (χ0) is 7.68. The van der Waals surface area contributed by atoms with Gasteiger partial charge in [-0.3, -0.25) is 4.79 Å². The Morgan fingerprint density at radius 2 is 2.00 bits per heavy atom. The molecule has 1 aliphatic heterocycles. The van der Waals surface area contributed by atoms with Crippen molar-refractivity contribution in [3.63, 3.8) is 0 Å². The molecule has 2 heteroatoms. The van der Waals surface area contributed by atoms with Crippen molar-refractivity contribution in [2.75, 3.05) is 6.54 Å². The third-order valence-corrected chi connectivity index (χ3v) is 2.27. The van der Waals surface area contributed by atoms with E-state index in [4.69, 9.17) is 0 Å². The van der Waals surface area contributed by atoms with E-state index in [0.717, 1.165) is 19.4 Å². The van der Waals surface area contributed by atoms with Gasteiger partial charge >= 0.3 is 0 Å². The first kappa shape index (κ1) is 6.65. The number of hydrogen-bond donors (Lipinski definition) is 0. The Labute approximate surface area is 66.2 Å². The quantitative estimate of drug-likeness (QED) is 0.511. The van der Waals surface area contributed by atoms with Crippen molar-refractivity contribution in [1.82, 2.24) is 4.90 Å². The lowest BCUT2D eigenvalue weighted by Gasteiger charge is -2.22. The molecule has 0 spiro atoms. The van der Waals surface area contributed by atoms with E-state index in [2.05, 4.69) is 12.2 Å². The molecule has 2 rings (SSSR count). The van der Waals surface area contributed by atoms with Gasteiger partial charge in [0, 0.05) is 18.7 Å². The highest BCUT2D eigenvalue weighted by atomic mass is 16.2. The largest absolute Gasteiger partial charge is 0.332 e. The number of carbonyl (C=O) groups excluding carboxylic acids is 1. The number of hydrogen-bond acceptors (Lipinski definition) is 1. The molecule has 11 heavy (non-hydrogen) atoms. The minimum Gasteiger partial charge on any atom is -0.332 e. The van der Waals surface area contributed by atoms with Crippen LogP contribution in [0.25, 0.3) is 0 Å². The van der Waals surface area contributed by atoms with Crippen molar-refractivity contribution in [1.29, 1.82) is 0 Å². The van der Waals surface area contributed by atoms with Crippen molar-refractivity contribution in [3.05, 3.63) is 24.3 Å². The Bertz CT molecular complexity index is 222. The average Bonchev–Trinajstić information content (AvgIpc) is 2.55. The van der Waals surface area contributed by atoms with Gasteiger partial charge in [-0.1, -0.05) is 18.2 Å². The summed E-state index contributed by atoms with van der Waals surface area (Å²) in [4.78, 5) is 13.1. The van der Waals surface area contributed by atoms with Gasteiger partial charge in [-0.2, -0.15) is 0 Å². The second kappa shape index (κ2) is 2.53. The van der Waals surface area contributed by atoms with Gasteiger partial charge in [-0.15, -0.1) is 0 Å². The van der Waals surface area contributed by atoms with Gasteiger partial charge in [0.2, 0.25) is 5.91 Å². The topological polar surface area (TPSA) is 20.3 Å². The first-order valence-corrected chi connectivity index (χ1v) is 4.00. The fraction of sp³-hybridized carbons (Fsp3) is 0.444. The molecular weight excluding hydrogens is 138 g/mol. The lowest BCUT2D eigenvalue weighted by atomic mass is 10.2. The number of rotatable bonds is 1. The molecule has 1 aliphatic carbocycles. The highest BCUT2D eigenvalue weighted by Gasteiger charge is 2.24. The lowest BCUT2D eigenvalue weighted by Crippen LogP contribution is -2.34. The Balaban J connectivity index is 2.01. The third-order valence-electron chi connectivity index (χ3n) is 2.27. The maximum atomic E-state index is 11.2. The summed E-state index contributed by atoms with van der Waals surface area (Å²) in [5.74, 6) is 0.179. The SMILES string of the molecule is O=C1C=CCN1C1CC=CC1. The number of nitrogens with zero attached hydrogens (tertiary/aromatic N) is 1. The second-order valence-corrected chi connectivity index (χ2v) is 2.99. The maximum Gasteiger partial charge on any atom is 0.246 e. The first-order chi connectivity index (χ1) is 5.38. The van der Waals surface area contributed by atoms with Gasteiger partial charge in [0.1, 0.15) is 0 Å². The van der Waals surface area contributed by atoms with Gasteiger partial charge in [0.25, 0.3) is 0 Å². The molecule has 2 nitrogen and oxygen atoms in total. The summed E-state index contributed by atoms with van der Waals surface area (Å²) in [7, 11) is 0. The van der Waals surface area contributed by atoms with Crippen molar-refractivity contribution < 1.29 is 4.79 Å². The van der Waals surface area contributed by atoms with Crippen LogP contribution in [0.15, 0.2) is 24.3 Å². The number of carbonyl (C=O) groups is 1. The predicted octanol–water partition coefficient (Wildman–Crippen LogP) is 1.10. The molecule has 1 amide bonds. The summed E-state index contributed by atoms with van der Waals surface area (Å²) in [5, 5.41) is 0. The molecule has 1 heterocycles. The van der Waals surface area contributed by atoms with Crippen LogP contribution in [0.1, 0.15) is 12.8 Å². The van der Waals surface area contributed by atoms with E-state index >= 15 is 0 Å². The van der Waals surface area contributed by atoms with Crippen LogP contribution in [0.4, 0.5) is 0 Å². The van der Waals surface area contributed by atoms with Crippen LogP contribution in [-0.2, 0) is 4.79 Å². The van der Waals surface area contributed by atoms with Crippen molar-refractivity contribution in [3.8, 4) is 0 Å². The molecule has 0 aromatic heterocycles. The average molecular weight is 149 g/mol.